The summed E-state index contributed by atoms with van der Waals surface area (Å²) in [6.07, 6.45) is 3.59. The van der Waals surface area contributed by atoms with E-state index in [2.05, 4.69) is 9.98 Å². The molecule has 2 aromatic heterocycles. The Morgan fingerprint density at radius 1 is 1.27 bits per heavy atom. The normalized spacial score (nSPS) is 16.3. The van der Waals surface area contributed by atoms with Crippen molar-refractivity contribution < 1.29 is 14.3 Å². The van der Waals surface area contributed by atoms with E-state index in [1.807, 2.05) is 18.2 Å². The minimum absolute atomic E-state index is 0.141. The van der Waals surface area contributed by atoms with Crippen molar-refractivity contribution in [2.75, 3.05) is 14.2 Å². The number of Topliss-reactive ketones (excluding diaryl/α,β-unsaturated/α-hetero) is 1. The van der Waals surface area contributed by atoms with E-state index < -0.39 is 6.04 Å². The maximum atomic E-state index is 13.4. The first-order valence-corrected chi connectivity index (χ1v) is 10.1. The SMILES string of the molecule is COc1ccc(C2C(C(C)=O)=C(C)N=c3s/c(=C\c4ccc[nH]4)c(=O)n32)c(OC)c1. The molecule has 3 heterocycles. The topological polar surface area (TPSA) is 85.7 Å². The van der Waals surface area contributed by atoms with Crippen LogP contribution in [0.25, 0.3) is 6.08 Å². The van der Waals surface area contributed by atoms with E-state index in [0.29, 0.717) is 37.7 Å². The van der Waals surface area contributed by atoms with E-state index in [1.54, 1.807) is 50.1 Å². The molecule has 0 saturated heterocycles. The molecule has 30 heavy (non-hydrogen) atoms. The number of methoxy groups -OCH3 is 2. The lowest BCUT2D eigenvalue weighted by Crippen LogP contribution is -2.39. The van der Waals surface area contributed by atoms with E-state index in [0.717, 1.165) is 5.69 Å². The number of rotatable bonds is 5. The van der Waals surface area contributed by atoms with Crippen molar-refractivity contribution in [3.63, 3.8) is 0 Å². The average Bonchev–Trinajstić information content (AvgIpc) is 3.34. The maximum absolute atomic E-state index is 13.4. The van der Waals surface area contributed by atoms with Crippen LogP contribution < -0.4 is 24.4 Å². The van der Waals surface area contributed by atoms with Gasteiger partial charge in [0.1, 0.15) is 11.5 Å². The minimum atomic E-state index is -0.634. The molecule has 0 fully saturated rings. The fourth-order valence-corrected chi connectivity index (χ4v) is 4.72. The summed E-state index contributed by atoms with van der Waals surface area (Å²) in [7, 11) is 3.13. The second-order valence-corrected chi connectivity index (χ2v) is 7.88. The Labute approximate surface area is 176 Å². The Morgan fingerprint density at radius 3 is 2.70 bits per heavy atom. The van der Waals surface area contributed by atoms with Gasteiger partial charge in [0.2, 0.25) is 0 Å². The number of carbonyl (C=O) groups excluding carboxylic acids is 1. The van der Waals surface area contributed by atoms with Crippen LogP contribution in [-0.4, -0.2) is 29.6 Å². The Hall–Kier alpha value is -3.39. The van der Waals surface area contributed by atoms with Crippen molar-refractivity contribution in [3.05, 3.63) is 78.7 Å². The number of ether oxygens (including phenoxy) is 2. The zero-order chi connectivity index (χ0) is 21.4. The van der Waals surface area contributed by atoms with Gasteiger partial charge in [-0.25, -0.2) is 4.99 Å². The molecule has 0 aliphatic carbocycles. The van der Waals surface area contributed by atoms with Crippen LogP contribution in [0.3, 0.4) is 0 Å². The summed E-state index contributed by atoms with van der Waals surface area (Å²) in [4.78, 5) is 34.2. The Morgan fingerprint density at radius 2 is 2.07 bits per heavy atom. The highest BCUT2D eigenvalue weighted by Crippen LogP contribution is 2.37. The van der Waals surface area contributed by atoms with Gasteiger partial charge in [-0.05, 0) is 44.2 Å². The van der Waals surface area contributed by atoms with Crippen molar-refractivity contribution in [2.45, 2.75) is 19.9 Å². The Bertz CT molecular complexity index is 1330. The molecule has 154 valence electrons. The fraction of sp³-hybridized carbons (Fsp3) is 0.227. The van der Waals surface area contributed by atoms with Crippen LogP contribution in [0.1, 0.15) is 31.1 Å². The molecule has 1 aliphatic rings. The number of aromatic amines is 1. The predicted octanol–water partition coefficient (Wildman–Crippen LogP) is 2.17. The lowest BCUT2D eigenvalue weighted by Gasteiger charge is -2.26. The van der Waals surface area contributed by atoms with Gasteiger partial charge in [0.25, 0.3) is 5.56 Å². The summed E-state index contributed by atoms with van der Waals surface area (Å²) < 4.78 is 13.0. The molecule has 7 nitrogen and oxygen atoms in total. The molecule has 3 aromatic rings. The Kier molecular flexibility index (Phi) is 5.17. The molecule has 1 N–H and O–H groups in total. The number of allylic oxidation sites excluding steroid dienone is 2. The molecule has 0 spiro atoms. The number of aromatic nitrogens is 2. The number of carbonyl (C=O) groups is 1. The number of benzene rings is 1. The number of fused-ring (bicyclic) bond motifs is 1. The molecule has 8 heteroatoms. The molecule has 1 aliphatic heterocycles. The van der Waals surface area contributed by atoms with Gasteiger partial charge in [0.05, 0.1) is 24.8 Å². The molecular weight excluding hydrogens is 402 g/mol. The fourth-order valence-electron chi connectivity index (χ4n) is 3.68. The first-order chi connectivity index (χ1) is 14.4. The molecular formula is C22H21N3O4S. The van der Waals surface area contributed by atoms with E-state index in [-0.39, 0.29) is 11.3 Å². The van der Waals surface area contributed by atoms with Crippen LogP contribution in [0.15, 0.2) is 57.6 Å². The van der Waals surface area contributed by atoms with Crippen LogP contribution in [0.4, 0.5) is 0 Å². The second-order valence-electron chi connectivity index (χ2n) is 6.87. The zero-order valence-corrected chi connectivity index (χ0v) is 17.9. The summed E-state index contributed by atoms with van der Waals surface area (Å²) in [6.45, 7) is 3.29. The number of hydrogen-bond acceptors (Lipinski definition) is 6. The van der Waals surface area contributed by atoms with Crippen LogP contribution in [-0.2, 0) is 4.79 Å². The number of H-pyrrole nitrogens is 1. The first-order valence-electron chi connectivity index (χ1n) is 9.33. The highest BCUT2D eigenvalue weighted by Gasteiger charge is 2.32. The lowest BCUT2D eigenvalue weighted by atomic mass is 9.92. The average molecular weight is 423 g/mol. The summed E-state index contributed by atoms with van der Waals surface area (Å²) in [5, 5.41) is 0. The van der Waals surface area contributed by atoms with Crippen molar-refractivity contribution in [1.82, 2.24) is 9.55 Å². The molecule has 1 aromatic carbocycles. The zero-order valence-electron chi connectivity index (χ0n) is 17.1. The van der Waals surface area contributed by atoms with Crippen molar-refractivity contribution >= 4 is 23.2 Å². The Balaban J connectivity index is 2.02. The summed E-state index contributed by atoms with van der Waals surface area (Å²) in [5.74, 6) is 1.02. The van der Waals surface area contributed by atoms with Gasteiger partial charge in [-0.1, -0.05) is 11.3 Å². The predicted molar refractivity (Wildman–Crippen MR) is 115 cm³/mol. The van der Waals surface area contributed by atoms with E-state index in [4.69, 9.17) is 9.47 Å². The van der Waals surface area contributed by atoms with Crippen molar-refractivity contribution in [1.29, 1.82) is 0 Å². The number of ketones is 1. The van der Waals surface area contributed by atoms with E-state index in [1.165, 1.54) is 18.3 Å². The molecule has 0 bridgehead atoms. The summed E-state index contributed by atoms with van der Waals surface area (Å²) in [6, 6.07) is 8.48. The third kappa shape index (κ3) is 3.29. The highest BCUT2D eigenvalue weighted by molar-refractivity contribution is 7.07. The van der Waals surface area contributed by atoms with Gasteiger partial charge < -0.3 is 14.5 Å². The lowest BCUT2D eigenvalue weighted by molar-refractivity contribution is -0.114. The molecule has 0 radical (unpaired) electrons. The number of nitrogens with one attached hydrogen (secondary N) is 1. The van der Waals surface area contributed by atoms with Gasteiger partial charge >= 0.3 is 0 Å². The monoisotopic (exact) mass is 423 g/mol. The first kappa shape index (κ1) is 19.9. The maximum Gasteiger partial charge on any atom is 0.271 e. The highest BCUT2D eigenvalue weighted by atomic mass is 32.1. The van der Waals surface area contributed by atoms with Crippen LogP contribution in [0.2, 0.25) is 0 Å². The van der Waals surface area contributed by atoms with E-state index >= 15 is 0 Å². The summed E-state index contributed by atoms with van der Waals surface area (Å²) in [5.41, 5.74) is 2.38. The van der Waals surface area contributed by atoms with Gasteiger partial charge in [0, 0.05) is 34.8 Å². The molecule has 0 saturated carbocycles. The van der Waals surface area contributed by atoms with Crippen molar-refractivity contribution in [2.24, 2.45) is 4.99 Å². The number of thiazole rings is 1. The van der Waals surface area contributed by atoms with Crippen LogP contribution >= 0.6 is 11.3 Å². The van der Waals surface area contributed by atoms with Gasteiger partial charge in [-0.2, -0.15) is 0 Å². The summed E-state index contributed by atoms with van der Waals surface area (Å²) >= 11 is 1.29. The molecule has 1 atom stereocenters. The largest absolute Gasteiger partial charge is 0.497 e. The third-order valence-electron chi connectivity index (χ3n) is 5.04. The molecule has 0 amide bonds. The van der Waals surface area contributed by atoms with Gasteiger partial charge in [-0.3, -0.25) is 14.2 Å². The second kappa shape index (κ2) is 7.79. The number of hydrogen-bond donors (Lipinski definition) is 1. The standard InChI is InChI=1S/C22H21N3O4S/c1-12-19(13(2)26)20(16-8-7-15(28-3)11-17(16)29-4)25-21(27)18(30-22(25)24-12)10-14-6-5-9-23-14/h5-11,20,23H,1-4H3/b18-10-. The minimum Gasteiger partial charge on any atom is -0.497 e. The molecule has 4 rings (SSSR count). The quantitative estimate of drug-likeness (QED) is 0.682. The number of nitrogens with zero attached hydrogens (tertiary/aromatic N) is 2. The van der Waals surface area contributed by atoms with Crippen LogP contribution in [0.5, 0.6) is 11.5 Å². The van der Waals surface area contributed by atoms with E-state index in [9.17, 15) is 9.59 Å². The third-order valence-corrected chi connectivity index (χ3v) is 6.03. The van der Waals surface area contributed by atoms with Crippen LogP contribution in [0, 0.1) is 0 Å². The smallest absolute Gasteiger partial charge is 0.271 e. The van der Waals surface area contributed by atoms with Gasteiger partial charge in [0.15, 0.2) is 10.6 Å². The van der Waals surface area contributed by atoms with Gasteiger partial charge in [-0.15, -0.1) is 0 Å². The van der Waals surface area contributed by atoms with Crippen molar-refractivity contribution in [3.8, 4) is 11.5 Å². The molecule has 1 unspecified atom stereocenters.